The highest BCUT2D eigenvalue weighted by molar-refractivity contribution is 9.10. The summed E-state index contributed by atoms with van der Waals surface area (Å²) < 4.78 is 2.53. The monoisotopic (exact) mass is 461 g/mol. The molecule has 0 unspecified atom stereocenters. The molecule has 4 aromatic rings. The number of halogens is 1. The molecule has 1 N–H and O–H groups in total. The van der Waals surface area contributed by atoms with E-state index in [4.69, 9.17) is 0 Å². The van der Waals surface area contributed by atoms with Crippen molar-refractivity contribution in [3.05, 3.63) is 97.3 Å². The van der Waals surface area contributed by atoms with E-state index in [9.17, 15) is 20.2 Å². The summed E-state index contributed by atoms with van der Waals surface area (Å²) in [5.74, 6) is 0.161. The molecule has 0 bridgehead atoms. The number of hydrogen-bond donors (Lipinski definition) is 1. The van der Waals surface area contributed by atoms with E-state index in [0.717, 1.165) is 4.47 Å². The van der Waals surface area contributed by atoms with E-state index in [1.807, 2.05) is 0 Å². The number of nitriles is 1. The number of hydrogen-bond acceptors (Lipinski definition) is 5. The van der Waals surface area contributed by atoms with Crippen LogP contribution >= 0.6 is 15.9 Å². The van der Waals surface area contributed by atoms with Crippen molar-refractivity contribution in [2.24, 2.45) is 0 Å². The molecule has 0 aliphatic rings. The van der Waals surface area contributed by atoms with Gasteiger partial charge < -0.3 is 9.55 Å². The largest absolute Gasteiger partial charge is 0.317 e. The van der Waals surface area contributed by atoms with E-state index in [0.29, 0.717) is 22.3 Å². The first-order valence-electron chi connectivity index (χ1n) is 8.70. The van der Waals surface area contributed by atoms with Crippen molar-refractivity contribution in [2.75, 3.05) is 0 Å². The lowest BCUT2D eigenvalue weighted by Gasteiger charge is -2.07. The number of aromatic nitrogens is 3. The SMILES string of the molecule is N#CC(=Cc1cccn1-c1ccc([N+](=O)[O-])cc1)c1nc2ccc(Br)cc2c(=O)[nH]1. The van der Waals surface area contributed by atoms with Crippen LogP contribution in [0.1, 0.15) is 11.5 Å². The Kier molecular flexibility index (Phi) is 5.00. The second kappa shape index (κ2) is 7.77. The number of rotatable bonds is 4. The standard InChI is InChI=1S/C21H12BrN5O3/c22-14-3-8-19-18(11-14)21(28)25-20(24-19)13(12-23)10-17-2-1-9-26(17)15-4-6-16(7-5-15)27(29)30/h1-11H,(H,24,25,28). The van der Waals surface area contributed by atoms with Crippen molar-refractivity contribution in [3.63, 3.8) is 0 Å². The number of nitrogens with zero attached hydrogens (tertiary/aromatic N) is 4. The fraction of sp³-hybridized carbons (Fsp3) is 0. The third-order valence-corrected chi connectivity index (χ3v) is 4.95. The van der Waals surface area contributed by atoms with Crippen molar-refractivity contribution >= 4 is 44.2 Å². The maximum atomic E-state index is 12.4. The maximum Gasteiger partial charge on any atom is 0.269 e. The zero-order chi connectivity index (χ0) is 21.3. The van der Waals surface area contributed by atoms with Crippen molar-refractivity contribution < 1.29 is 4.92 Å². The summed E-state index contributed by atoms with van der Waals surface area (Å²) in [6.07, 6.45) is 3.38. The van der Waals surface area contributed by atoms with Gasteiger partial charge in [0.25, 0.3) is 11.2 Å². The molecule has 0 radical (unpaired) electrons. The molecule has 0 aliphatic carbocycles. The van der Waals surface area contributed by atoms with Crippen molar-refractivity contribution in [2.45, 2.75) is 0 Å². The molecule has 2 heterocycles. The highest BCUT2D eigenvalue weighted by Crippen LogP contribution is 2.22. The van der Waals surface area contributed by atoms with Gasteiger partial charge in [0.1, 0.15) is 6.07 Å². The summed E-state index contributed by atoms with van der Waals surface area (Å²) >= 11 is 3.33. The molecule has 30 heavy (non-hydrogen) atoms. The van der Waals surface area contributed by atoms with E-state index in [1.165, 1.54) is 12.1 Å². The Morgan fingerprint density at radius 1 is 1.23 bits per heavy atom. The third kappa shape index (κ3) is 3.64. The number of nitro groups is 1. The molecular formula is C21H12BrN5O3. The summed E-state index contributed by atoms with van der Waals surface area (Å²) in [5, 5.41) is 20.9. The lowest BCUT2D eigenvalue weighted by Crippen LogP contribution is -2.11. The molecule has 0 spiro atoms. The zero-order valence-electron chi connectivity index (χ0n) is 15.2. The van der Waals surface area contributed by atoms with E-state index in [-0.39, 0.29) is 22.6 Å². The van der Waals surface area contributed by atoms with Crippen LogP contribution in [0, 0.1) is 21.4 Å². The van der Waals surface area contributed by atoms with Gasteiger partial charge in [-0.15, -0.1) is 0 Å². The fourth-order valence-electron chi connectivity index (χ4n) is 3.02. The molecule has 0 aliphatic heterocycles. The summed E-state index contributed by atoms with van der Waals surface area (Å²) in [5.41, 5.74) is 1.65. The van der Waals surface area contributed by atoms with E-state index >= 15 is 0 Å². The molecule has 0 saturated heterocycles. The van der Waals surface area contributed by atoms with Crippen molar-refractivity contribution in [3.8, 4) is 11.8 Å². The van der Waals surface area contributed by atoms with Crippen LogP contribution in [-0.2, 0) is 0 Å². The average molecular weight is 462 g/mol. The maximum absolute atomic E-state index is 12.4. The van der Waals surface area contributed by atoms with Gasteiger partial charge in [0.2, 0.25) is 0 Å². The van der Waals surface area contributed by atoms with Gasteiger partial charge in [-0.2, -0.15) is 5.26 Å². The topological polar surface area (TPSA) is 118 Å². The molecule has 2 aromatic heterocycles. The highest BCUT2D eigenvalue weighted by atomic mass is 79.9. The van der Waals surface area contributed by atoms with Gasteiger partial charge >= 0.3 is 0 Å². The van der Waals surface area contributed by atoms with Gasteiger partial charge in [0.05, 0.1) is 21.4 Å². The third-order valence-electron chi connectivity index (χ3n) is 4.45. The second-order valence-electron chi connectivity index (χ2n) is 6.32. The first kappa shape index (κ1) is 19.3. The van der Waals surface area contributed by atoms with Crippen LogP contribution < -0.4 is 5.56 Å². The molecule has 0 fully saturated rings. The van der Waals surface area contributed by atoms with Crippen LogP contribution in [0.15, 0.2) is 70.1 Å². The van der Waals surface area contributed by atoms with Gasteiger partial charge in [-0.05, 0) is 48.5 Å². The number of nitrogens with one attached hydrogen (secondary N) is 1. The summed E-state index contributed by atoms with van der Waals surface area (Å²) in [6.45, 7) is 0. The van der Waals surface area contributed by atoms with E-state index in [1.54, 1.807) is 59.3 Å². The summed E-state index contributed by atoms with van der Waals surface area (Å²) in [4.78, 5) is 29.9. The number of nitro benzene ring substituents is 1. The summed E-state index contributed by atoms with van der Waals surface area (Å²) in [7, 11) is 0. The molecule has 8 nitrogen and oxygen atoms in total. The lowest BCUT2D eigenvalue weighted by molar-refractivity contribution is -0.384. The Bertz CT molecular complexity index is 1410. The van der Waals surface area contributed by atoms with Crippen LogP contribution in [0.25, 0.3) is 28.2 Å². The number of H-pyrrole nitrogens is 1. The Morgan fingerprint density at radius 2 is 2.00 bits per heavy atom. The highest BCUT2D eigenvalue weighted by Gasteiger charge is 2.11. The average Bonchev–Trinajstić information content (AvgIpc) is 3.20. The second-order valence-corrected chi connectivity index (χ2v) is 7.24. The molecule has 2 aromatic carbocycles. The van der Waals surface area contributed by atoms with Gasteiger partial charge in [0, 0.05) is 34.2 Å². The van der Waals surface area contributed by atoms with Gasteiger partial charge in [-0.25, -0.2) is 4.98 Å². The van der Waals surface area contributed by atoms with Crippen molar-refractivity contribution in [1.29, 1.82) is 5.26 Å². The number of non-ortho nitro benzene ring substituents is 1. The molecule has 0 amide bonds. The predicted octanol–water partition coefficient (Wildman–Crippen LogP) is 4.45. The minimum absolute atomic E-state index is 0.00899. The molecule has 4 rings (SSSR count). The molecule has 9 heteroatoms. The Hall–Kier alpha value is -4.03. The molecular weight excluding hydrogens is 450 g/mol. The van der Waals surface area contributed by atoms with Crippen molar-refractivity contribution in [1.82, 2.24) is 14.5 Å². The Morgan fingerprint density at radius 3 is 2.70 bits per heavy atom. The van der Waals surface area contributed by atoms with E-state index in [2.05, 4.69) is 32.0 Å². The van der Waals surface area contributed by atoms with Crippen LogP contribution in [-0.4, -0.2) is 19.5 Å². The summed E-state index contributed by atoms with van der Waals surface area (Å²) in [6, 6.07) is 16.9. The van der Waals surface area contributed by atoms with Crippen LogP contribution in [0.2, 0.25) is 0 Å². The molecule has 0 saturated carbocycles. The normalized spacial score (nSPS) is 11.4. The van der Waals surface area contributed by atoms with Gasteiger partial charge in [-0.1, -0.05) is 15.9 Å². The number of fused-ring (bicyclic) bond motifs is 1. The first-order valence-corrected chi connectivity index (χ1v) is 9.49. The quantitative estimate of drug-likeness (QED) is 0.273. The van der Waals surface area contributed by atoms with E-state index < -0.39 is 4.92 Å². The van der Waals surface area contributed by atoms with Gasteiger partial charge in [-0.3, -0.25) is 14.9 Å². The fourth-order valence-corrected chi connectivity index (χ4v) is 3.38. The Balaban J connectivity index is 1.78. The van der Waals surface area contributed by atoms with Crippen LogP contribution in [0.5, 0.6) is 0 Å². The van der Waals surface area contributed by atoms with Crippen LogP contribution in [0.3, 0.4) is 0 Å². The lowest BCUT2D eigenvalue weighted by atomic mass is 10.2. The smallest absolute Gasteiger partial charge is 0.269 e. The Labute approximate surface area is 178 Å². The first-order chi connectivity index (χ1) is 14.5. The minimum Gasteiger partial charge on any atom is -0.317 e. The minimum atomic E-state index is -0.464. The zero-order valence-corrected chi connectivity index (χ0v) is 16.8. The molecule has 146 valence electrons. The van der Waals surface area contributed by atoms with Gasteiger partial charge in [0.15, 0.2) is 5.82 Å². The number of benzene rings is 2. The predicted molar refractivity (Wildman–Crippen MR) is 116 cm³/mol. The number of allylic oxidation sites excluding steroid dienone is 1. The van der Waals surface area contributed by atoms with Crippen LogP contribution in [0.4, 0.5) is 5.69 Å². The molecule has 0 atom stereocenters. The number of aromatic amines is 1.